The Kier molecular flexibility index (Phi) is 9.29. The van der Waals surface area contributed by atoms with E-state index in [-0.39, 0.29) is 0 Å². The molecule has 0 spiro atoms. The molecular weight excluding hydrogens is 158 g/mol. The molecule has 0 aromatic carbocycles. The summed E-state index contributed by atoms with van der Waals surface area (Å²) in [4.78, 5) is 0. The first-order valence-electron chi connectivity index (χ1n) is 3.97. The molecule has 0 aliphatic heterocycles. The molecule has 0 aromatic heterocycles. The van der Waals surface area contributed by atoms with E-state index in [2.05, 4.69) is 26.3 Å². The topological polar surface area (TPSA) is 26.0 Å². The Balaban J connectivity index is 0. The Morgan fingerprint density at radius 1 is 1.15 bits per heavy atom. The standard InChI is InChI=1S/C7H10.C5H9N/c1-5-7(4)6(2)3;1-3-4-5(2)6/h5H,1-2,4H2,3H3;3-4H,1,6H2,2H3/b;5-4-. The second-order valence-corrected chi connectivity index (χ2v) is 2.66. The van der Waals surface area contributed by atoms with Crippen LogP contribution in [0.4, 0.5) is 0 Å². The maximum atomic E-state index is 5.19. The van der Waals surface area contributed by atoms with E-state index >= 15 is 0 Å². The first-order chi connectivity index (χ1) is 5.95. The molecule has 0 amide bonds. The molecule has 0 heterocycles. The lowest BCUT2D eigenvalue weighted by Crippen LogP contribution is -1.87. The Hall–Kier alpha value is -1.50. The summed E-state index contributed by atoms with van der Waals surface area (Å²) in [5.74, 6) is 0. The third-order valence-corrected chi connectivity index (χ3v) is 1.18. The first kappa shape index (κ1) is 14.0. The van der Waals surface area contributed by atoms with Gasteiger partial charge in [-0.05, 0) is 25.5 Å². The summed E-state index contributed by atoms with van der Waals surface area (Å²) in [5, 5.41) is 0. The molecule has 0 bridgehead atoms. The summed E-state index contributed by atoms with van der Waals surface area (Å²) in [6.07, 6.45) is 5.11. The van der Waals surface area contributed by atoms with E-state index in [1.54, 1.807) is 18.2 Å². The van der Waals surface area contributed by atoms with E-state index < -0.39 is 0 Å². The summed E-state index contributed by atoms with van der Waals surface area (Å²) in [5.41, 5.74) is 7.89. The molecule has 72 valence electrons. The van der Waals surface area contributed by atoms with Crippen molar-refractivity contribution in [2.75, 3.05) is 0 Å². The zero-order valence-electron chi connectivity index (χ0n) is 8.64. The average Bonchev–Trinajstić information content (AvgIpc) is 2.03. The van der Waals surface area contributed by atoms with Crippen LogP contribution in [0.3, 0.4) is 0 Å². The minimum Gasteiger partial charge on any atom is -0.402 e. The van der Waals surface area contributed by atoms with Crippen molar-refractivity contribution in [2.45, 2.75) is 13.8 Å². The first-order valence-corrected chi connectivity index (χ1v) is 3.97. The zero-order valence-corrected chi connectivity index (χ0v) is 8.64. The van der Waals surface area contributed by atoms with Crippen LogP contribution < -0.4 is 5.73 Å². The van der Waals surface area contributed by atoms with Crippen LogP contribution >= 0.6 is 0 Å². The van der Waals surface area contributed by atoms with Gasteiger partial charge in [-0.15, -0.1) is 0 Å². The molecule has 0 aliphatic carbocycles. The van der Waals surface area contributed by atoms with Crippen LogP contribution in [-0.2, 0) is 0 Å². The summed E-state index contributed by atoms with van der Waals surface area (Å²) in [6, 6.07) is 0. The van der Waals surface area contributed by atoms with Crippen LogP contribution in [0.15, 0.2) is 61.4 Å². The molecule has 0 radical (unpaired) electrons. The summed E-state index contributed by atoms with van der Waals surface area (Å²) in [7, 11) is 0. The van der Waals surface area contributed by atoms with Crippen LogP contribution in [0.5, 0.6) is 0 Å². The van der Waals surface area contributed by atoms with Crippen LogP contribution in [0.1, 0.15) is 13.8 Å². The second kappa shape index (κ2) is 8.60. The molecule has 0 saturated carbocycles. The molecule has 0 rings (SSSR count). The van der Waals surface area contributed by atoms with Crippen molar-refractivity contribution in [3.8, 4) is 0 Å². The van der Waals surface area contributed by atoms with Crippen molar-refractivity contribution in [1.29, 1.82) is 0 Å². The minimum absolute atomic E-state index is 0.796. The van der Waals surface area contributed by atoms with Gasteiger partial charge in [0.05, 0.1) is 0 Å². The minimum atomic E-state index is 0.796. The normalized spacial score (nSPS) is 9.23. The van der Waals surface area contributed by atoms with Crippen molar-refractivity contribution in [3.05, 3.63) is 61.4 Å². The molecule has 0 aliphatic rings. The van der Waals surface area contributed by atoms with Gasteiger partial charge in [-0.25, -0.2) is 0 Å². The lowest BCUT2D eigenvalue weighted by molar-refractivity contribution is 1.32. The molecule has 0 unspecified atom stereocenters. The van der Waals surface area contributed by atoms with Crippen molar-refractivity contribution >= 4 is 0 Å². The molecule has 0 atom stereocenters. The summed E-state index contributed by atoms with van der Waals surface area (Å²) in [6.45, 7) is 18.0. The van der Waals surface area contributed by atoms with Gasteiger partial charge in [0, 0.05) is 5.70 Å². The fourth-order valence-corrected chi connectivity index (χ4v) is 0.360. The Morgan fingerprint density at radius 3 is 1.62 bits per heavy atom. The van der Waals surface area contributed by atoms with Crippen LogP contribution in [0.2, 0.25) is 0 Å². The molecule has 0 saturated heterocycles. The van der Waals surface area contributed by atoms with Crippen LogP contribution in [0, 0.1) is 0 Å². The number of allylic oxidation sites excluding steroid dienone is 6. The maximum Gasteiger partial charge on any atom is 0.00486 e. The zero-order chi connectivity index (χ0) is 10.9. The van der Waals surface area contributed by atoms with E-state index in [0.29, 0.717) is 0 Å². The fraction of sp³-hybridized carbons (Fsp3) is 0.167. The predicted octanol–water partition coefficient (Wildman–Crippen LogP) is 3.34. The Bertz CT molecular complexity index is 228. The van der Waals surface area contributed by atoms with E-state index in [4.69, 9.17) is 5.73 Å². The van der Waals surface area contributed by atoms with Gasteiger partial charge in [-0.2, -0.15) is 0 Å². The number of hydrogen-bond acceptors (Lipinski definition) is 1. The molecule has 0 aromatic rings. The monoisotopic (exact) mass is 177 g/mol. The van der Waals surface area contributed by atoms with Crippen molar-refractivity contribution in [2.24, 2.45) is 5.73 Å². The lowest BCUT2D eigenvalue weighted by atomic mass is 10.2. The molecular formula is C12H19N. The van der Waals surface area contributed by atoms with Gasteiger partial charge >= 0.3 is 0 Å². The van der Waals surface area contributed by atoms with E-state index in [0.717, 1.165) is 16.8 Å². The quantitative estimate of drug-likeness (QED) is 0.657. The van der Waals surface area contributed by atoms with Crippen molar-refractivity contribution in [3.63, 3.8) is 0 Å². The fourth-order valence-electron chi connectivity index (χ4n) is 0.360. The summed E-state index contributed by atoms with van der Waals surface area (Å²) < 4.78 is 0. The Morgan fingerprint density at radius 2 is 1.62 bits per heavy atom. The SMILES string of the molecule is C=C/C=C(/C)N.C=CC(=C)C(=C)C. The highest BCUT2D eigenvalue weighted by molar-refractivity contribution is 5.31. The summed E-state index contributed by atoms with van der Waals surface area (Å²) >= 11 is 0. The molecule has 1 nitrogen and oxygen atoms in total. The highest BCUT2D eigenvalue weighted by atomic mass is 14.5. The molecule has 2 N–H and O–H groups in total. The van der Waals surface area contributed by atoms with Crippen molar-refractivity contribution < 1.29 is 0 Å². The van der Waals surface area contributed by atoms with Gasteiger partial charge < -0.3 is 5.73 Å². The van der Waals surface area contributed by atoms with E-state index in [9.17, 15) is 0 Å². The highest BCUT2D eigenvalue weighted by Gasteiger charge is 1.81. The smallest absolute Gasteiger partial charge is 0.00486 e. The average molecular weight is 177 g/mol. The third-order valence-electron chi connectivity index (χ3n) is 1.18. The van der Waals surface area contributed by atoms with Gasteiger partial charge in [0.1, 0.15) is 0 Å². The van der Waals surface area contributed by atoms with Crippen LogP contribution in [0.25, 0.3) is 0 Å². The number of rotatable bonds is 3. The second-order valence-electron chi connectivity index (χ2n) is 2.66. The predicted molar refractivity (Wildman–Crippen MR) is 62.3 cm³/mol. The molecule has 13 heavy (non-hydrogen) atoms. The molecule has 0 fully saturated rings. The maximum absolute atomic E-state index is 5.19. The van der Waals surface area contributed by atoms with E-state index in [1.807, 2.05) is 13.8 Å². The van der Waals surface area contributed by atoms with Gasteiger partial charge in [0.2, 0.25) is 0 Å². The van der Waals surface area contributed by atoms with Crippen molar-refractivity contribution in [1.82, 2.24) is 0 Å². The van der Waals surface area contributed by atoms with Gasteiger partial charge in [-0.3, -0.25) is 0 Å². The molecule has 1 heteroatoms. The van der Waals surface area contributed by atoms with E-state index in [1.165, 1.54) is 0 Å². The third kappa shape index (κ3) is 13.5. The number of nitrogens with two attached hydrogens (primary N) is 1. The lowest BCUT2D eigenvalue weighted by Gasteiger charge is -1.90. The highest BCUT2D eigenvalue weighted by Crippen LogP contribution is 2.01. The van der Waals surface area contributed by atoms with Gasteiger partial charge in [0.15, 0.2) is 0 Å². The van der Waals surface area contributed by atoms with Crippen LogP contribution in [-0.4, -0.2) is 0 Å². The Labute approximate surface area is 81.7 Å². The number of hydrogen-bond donors (Lipinski definition) is 1. The van der Waals surface area contributed by atoms with Gasteiger partial charge in [-0.1, -0.05) is 44.0 Å². The largest absolute Gasteiger partial charge is 0.402 e. The van der Waals surface area contributed by atoms with Gasteiger partial charge in [0.25, 0.3) is 0 Å².